The molecule has 1 aromatic carbocycles. The molecule has 1 aromatic heterocycles. The minimum atomic E-state index is -0.477. The normalized spacial score (nSPS) is 18.7. The van der Waals surface area contributed by atoms with Gasteiger partial charge >= 0.3 is 0 Å². The molecule has 0 bridgehead atoms. The molecule has 0 aliphatic carbocycles. The Bertz CT molecular complexity index is 951. The van der Waals surface area contributed by atoms with Gasteiger partial charge in [0.15, 0.2) is 5.09 Å². The second-order valence-electron chi connectivity index (χ2n) is 6.33. The van der Waals surface area contributed by atoms with E-state index in [0.29, 0.717) is 37.2 Å². The molecule has 9 heteroatoms. The summed E-state index contributed by atoms with van der Waals surface area (Å²) in [5.74, 6) is -0.250. The van der Waals surface area contributed by atoms with Gasteiger partial charge in [0.2, 0.25) is 5.91 Å². The van der Waals surface area contributed by atoms with Gasteiger partial charge in [0.1, 0.15) is 12.3 Å². The van der Waals surface area contributed by atoms with Crippen LogP contribution in [0.3, 0.4) is 0 Å². The standard InChI is InChI=1S/C20H18N2O5S2/c23-17(21-8-10-26-11-9-21)13-22-19(24)16(29-20(22)25)12-14-6-7-18(27-14)28-15-4-2-1-3-5-15/h1-7,12H,8-11,13H2/b16-12+. The Balaban J connectivity index is 1.41. The smallest absolute Gasteiger partial charge is 0.294 e. The van der Waals surface area contributed by atoms with E-state index in [1.54, 1.807) is 17.0 Å². The van der Waals surface area contributed by atoms with Crippen molar-refractivity contribution in [2.24, 2.45) is 0 Å². The van der Waals surface area contributed by atoms with Crippen LogP contribution in [-0.2, 0) is 14.3 Å². The summed E-state index contributed by atoms with van der Waals surface area (Å²) in [5, 5.41) is 0.234. The monoisotopic (exact) mass is 430 g/mol. The molecule has 2 fully saturated rings. The van der Waals surface area contributed by atoms with Crippen LogP contribution in [0.2, 0.25) is 0 Å². The molecule has 3 heterocycles. The number of hydrogen-bond acceptors (Lipinski definition) is 7. The summed E-state index contributed by atoms with van der Waals surface area (Å²) in [6, 6.07) is 13.3. The first-order valence-corrected chi connectivity index (χ1v) is 10.7. The first kappa shape index (κ1) is 19.8. The zero-order valence-corrected chi connectivity index (χ0v) is 17.0. The van der Waals surface area contributed by atoms with Crippen molar-refractivity contribution in [1.82, 2.24) is 9.80 Å². The lowest BCUT2D eigenvalue weighted by Crippen LogP contribution is -2.46. The number of morpholine rings is 1. The number of thioether (sulfide) groups is 1. The van der Waals surface area contributed by atoms with Crippen molar-refractivity contribution in [1.29, 1.82) is 0 Å². The topological polar surface area (TPSA) is 80.1 Å². The predicted molar refractivity (Wildman–Crippen MR) is 109 cm³/mol. The molecule has 7 nitrogen and oxygen atoms in total. The summed E-state index contributed by atoms with van der Waals surface area (Å²) in [7, 11) is 0. The van der Waals surface area contributed by atoms with Gasteiger partial charge in [0, 0.05) is 24.1 Å². The molecule has 4 rings (SSSR count). The second-order valence-corrected chi connectivity index (χ2v) is 8.40. The molecular weight excluding hydrogens is 412 g/mol. The molecule has 2 aliphatic heterocycles. The molecule has 2 aromatic rings. The number of carbonyl (C=O) groups is 3. The maximum atomic E-state index is 12.6. The summed E-state index contributed by atoms with van der Waals surface area (Å²) in [6.45, 7) is 1.62. The van der Waals surface area contributed by atoms with E-state index >= 15 is 0 Å². The lowest BCUT2D eigenvalue weighted by atomic mass is 10.3. The van der Waals surface area contributed by atoms with Gasteiger partial charge in [-0.25, -0.2) is 0 Å². The summed E-state index contributed by atoms with van der Waals surface area (Å²) in [6.07, 6.45) is 1.54. The Morgan fingerprint density at radius 2 is 1.86 bits per heavy atom. The van der Waals surface area contributed by atoms with Gasteiger partial charge in [0.25, 0.3) is 11.1 Å². The highest BCUT2D eigenvalue weighted by molar-refractivity contribution is 8.18. The summed E-state index contributed by atoms with van der Waals surface area (Å²) < 4.78 is 11.0. The molecule has 0 spiro atoms. The van der Waals surface area contributed by atoms with E-state index in [2.05, 4.69) is 0 Å². The maximum absolute atomic E-state index is 12.6. The molecule has 29 heavy (non-hydrogen) atoms. The number of furan rings is 1. The molecule has 150 valence electrons. The van der Waals surface area contributed by atoms with E-state index in [1.807, 2.05) is 36.4 Å². The van der Waals surface area contributed by atoms with Crippen LogP contribution in [0, 0.1) is 0 Å². The molecule has 0 N–H and O–H groups in total. The van der Waals surface area contributed by atoms with Crippen LogP contribution in [0.15, 0.2) is 61.8 Å². The summed E-state index contributed by atoms with van der Waals surface area (Å²) in [5.41, 5.74) is 0. The average molecular weight is 431 g/mol. The van der Waals surface area contributed by atoms with Crippen molar-refractivity contribution in [2.75, 3.05) is 32.8 Å². The first-order valence-electron chi connectivity index (χ1n) is 9.04. The third-order valence-corrected chi connectivity index (χ3v) is 6.20. The van der Waals surface area contributed by atoms with Crippen molar-refractivity contribution in [3.63, 3.8) is 0 Å². The highest BCUT2D eigenvalue weighted by Gasteiger charge is 2.37. The van der Waals surface area contributed by atoms with Crippen molar-refractivity contribution in [3.8, 4) is 0 Å². The fourth-order valence-corrected chi connectivity index (χ4v) is 4.50. The van der Waals surface area contributed by atoms with Crippen LogP contribution in [0.1, 0.15) is 5.76 Å². The Morgan fingerprint density at radius 3 is 2.62 bits per heavy atom. The number of ether oxygens (including phenoxy) is 1. The number of carbonyl (C=O) groups excluding carboxylic acids is 3. The van der Waals surface area contributed by atoms with E-state index < -0.39 is 11.1 Å². The number of hydrogen-bond donors (Lipinski definition) is 0. The van der Waals surface area contributed by atoms with E-state index in [1.165, 1.54) is 11.8 Å². The van der Waals surface area contributed by atoms with Crippen molar-refractivity contribution in [2.45, 2.75) is 9.99 Å². The number of imide groups is 1. The predicted octanol–water partition coefficient (Wildman–Crippen LogP) is 3.33. The number of benzene rings is 1. The van der Waals surface area contributed by atoms with Gasteiger partial charge < -0.3 is 14.1 Å². The molecule has 0 radical (unpaired) electrons. The molecule has 2 saturated heterocycles. The molecule has 3 amide bonds. The van der Waals surface area contributed by atoms with E-state index in [4.69, 9.17) is 9.15 Å². The van der Waals surface area contributed by atoms with Gasteiger partial charge in [-0.15, -0.1) is 0 Å². The van der Waals surface area contributed by atoms with Crippen molar-refractivity contribution >= 4 is 46.7 Å². The quantitative estimate of drug-likeness (QED) is 0.673. The third kappa shape index (κ3) is 4.75. The van der Waals surface area contributed by atoms with Crippen molar-refractivity contribution in [3.05, 3.63) is 53.1 Å². The molecule has 0 atom stereocenters. The number of rotatable bonds is 5. The lowest BCUT2D eigenvalue weighted by molar-refractivity contribution is -0.139. The summed E-state index contributed by atoms with van der Waals surface area (Å²) in [4.78, 5) is 41.1. The molecular formula is C20H18N2O5S2. The second kappa shape index (κ2) is 8.89. The molecule has 0 unspecified atom stereocenters. The van der Waals surface area contributed by atoms with E-state index in [-0.39, 0.29) is 17.4 Å². The van der Waals surface area contributed by atoms with Gasteiger partial charge in [-0.2, -0.15) is 0 Å². The highest BCUT2D eigenvalue weighted by Crippen LogP contribution is 2.34. The Kier molecular flexibility index (Phi) is 6.08. The van der Waals surface area contributed by atoms with Crippen LogP contribution in [-0.4, -0.2) is 59.7 Å². The maximum Gasteiger partial charge on any atom is 0.294 e. The van der Waals surface area contributed by atoms with Gasteiger partial charge in [0.05, 0.1) is 18.1 Å². The highest BCUT2D eigenvalue weighted by atomic mass is 32.2. The molecule has 0 saturated carbocycles. The lowest BCUT2D eigenvalue weighted by Gasteiger charge is -2.27. The summed E-state index contributed by atoms with van der Waals surface area (Å²) >= 11 is 2.28. The van der Waals surface area contributed by atoms with Crippen LogP contribution in [0.25, 0.3) is 6.08 Å². The average Bonchev–Trinajstić information content (AvgIpc) is 3.28. The van der Waals surface area contributed by atoms with Gasteiger partial charge in [-0.3, -0.25) is 19.3 Å². The van der Waals surface area contributed by atoms with Gasteiger partial charge in [-0.05, 0) is 36.0 Å². The van der Waals surface area contributed by atoms with Gasteiger partial charge in [-0.1, -0.05) is 30.0 Å². The van der Waals surface area contributed by atoms with E-state index in [0.717, 1.165) is 21.6 Å². The first-order chi connectivity index (χ1) is 14.1. The largest absolute Gasteiger partial charge is 0.450 e. The Labute approximate surface area is 176 Å². The van der Waals surface area contributed by atoms with Crippen LogP contribution in [0.4, 0.5) is 4.79 Å². The Morgan fingerprint density at radius 1 is 1.10 bits per heavy atom. The third-order valence-electron chi connectivity index (χ3n) is 4.37. The zero-order chi connectivity index (χ0) is 20.2. The fraction of sp³-hybridized carbons (Fsp3) is 0.250. The fourth-order valence-electron chi connectivity index (χ4n) is 2.89. The van der Waals surface area contributed by atoms with Crippen molar-refractivity contribution < 1.29 is 23.5 Å². The van der Waals surface area contributed by atoms with Crippen LogP contribution in [0.5, 0.6) is 0 Å². The number of amides is 3. The SMILES string of the molecule is O=C(CN1C(=O)S/C(=C/c2ccc(Sc3ccccc3)o2)C1=O)N1CCOCC1. The minimum absolute atomic E-state index is 0.246. The zero-order valence-electron chi connectivity index (χ0n) is 15.4. The molecule has 2 aliphatic rings. The number of nitrogens with zero attached hydrogens (tertiary/aromatic N) is 2. The van der Waals surface area contributed by atoms with E-state index in [9.17, 15) is 14.4 Å². The Hall–Kier alpha value is -2.49. The minimum Gasteiger partial charge on any atom is -0.450 e. The van der Waals surface area contributed by atoms with Crippen LogP contribution >= 0.6 is 23.5 Å². The van der Waals surface area contributed by atoms with Crippen LogP contribution < -0.4 is 0 Å².